The first-order chi connectivity index (χ1) is 8.26. The molecule has 0 bridgehead atoms. The summed E-state index contributed by atoms with van der Waals surface area (Å²) in [5, 5.41) is 3.25. The highest BCUT2D eigenvalue weighted by Crippen LogP contribution is 2.21. The molecule has 0 heterocycles. The van der Waals surface area contributed by atoms with E-state index in [1.54, 1.807) is 13.2 Å². The molecule has 0 aliphatic carbocycles. The van der Waals surface area contributed by atoms with Crippen molar-refractivity contribution in [3.05, 3.63) is 18.2 Å². The minimum Gasteiger partial charge on any atom is -0.497 e. The van der Waals surface area contributed by atoms with Crippen LogP contribution in [0, 0.1) is 0 Å². The highest BCUT2D eigenvalue weighted by Gasteiger charge is 1.98. The number of hydrogen-bond donors (Lipinski definition) is 2. The zero-order valence-corrected chi connectivity index (χ0v) is 10.7. The first-order valence-corrected chi connectivity index (χ1v) is 6.02. The fourth-order valence-corrected chi connectivity index (χ4v) is 1.46. The Morgan fingerprint density at radius 2 is 2.06 bits per heavy atom. The van der Waals surface area contributed by atoms with Gasteiger partial charge in [0.2, 0.25) is 0 Å². The van der Waals surface area contributed by atoms with E-state index in [9.17, 15) is 0 Å². The summed E-state index contributed by atoms with van der Waals surface area (Å²) in [6.45, 7) is 4.46. The van der Waals surface area contributed by atoms with Gasteiger partial charge < -0.3 is 20.5 Å². The number of nitrogen functional groups attached to an aromatic ring is 1. The average molecular weight is 238 g/mol. The predicted molar refractivity (Wildman–Crippen MR) is 71.6 cm³/mol. The van der Waals surface area contributed by atoms with E-state index in [2.05, 4.69) is 12.2 Å². The lowest BCUT2D eigenvalue weighted by atomic mass is 10.2. The molecule has 1 rings (SSSR count). The SMILES string of the molecule is CCCCOCCNc1cc(N)cc(OC)c1. The largest absolute Gasteiger partial charge is 0.497 e. The molecule has 0 spiro atoms. The maximum Gasteiger partial charge on any atom is 0.122 e. The summed E-state index contributed by atoms with van der Waals surface area (Å²) in [7, 11) is 1.63. The lowest BCUT2D eigenvalue weighted by molar-refractivity contribution is 0.141. The number of ether oxygens (including phenoxy) is 2. The molecule has 1 aromatic rings. The molecule has 0 saturated heterocycles. The van der Waals surface area contributed by atoms with Gasteiger partial charge in [-0.3, -0.25) is 0 Å². The Hall–Kier alpha value is -1.42. The van der Waals surface area contributed by atoms with Gasteiger partial charge in [-0.1, -0.05) is 13.3 Å². The van der Waals surface area contributed by atoms with Crippen molar-refractivity contribution in [3.63, 3.8) is 0 Å². The molecule has 0 atom stereocenters. The number of rotatable bonds is 8. The molecule has 3 N–H and O–H groups in total. The van der Waals surface area contributed by atoms with Crippen LogP contribution in [-0.2, 0) is 4.74 Å². The molecule has 0 fully saturated rings. The second-order valence-electron chi connectivity index (χ2n) is 3.89. The maximum atomic E-state index is 5.75. The van der Waals surface area contributed by atoms with Crippen LogP contribution in [0.5, 0.6) is 5.75 Å². The first-order valence-electron chi connectivity index (χ1n) is 6.02. The van der Waals surface area contributed by atoms with Gasteiger partial charge in [0.25, 0.3) is 0 Å². The van der Waals surface area contributed by atoms with E-state index < -0.39 is 0 Å². The van der Waals surface area contributed by atoms with Gasteiger partial charge in [0.15, 0.2) is 0 Å². The number of methoxy groups -OCH3 is 1. The molecular weight excluding hydrogens is 216 g/mol. The summed E-state index contributed by atoms with van der Waals surface area (Å²) in [5.74, 6) is 0.763. The van der Waals surface area contributed by atoms with Crippen molar-refractivity contribution in [2.45, 2.75) is 19.8 Å². The van der Waals surface area contributed by atoms with Gasteiger partial charge in [-0.15, -0.1) is 0 Å². The average Bonchev–Trinajstić information content (AvgIpc) is 2.33. The minimum absolute atomic E-state index is 0.693. The zero-order valence-electron chi connectivity index (χ0n) is 10.7. The fourth-order valence-electron chi connectivity index (χ4n) is 1.46. The highest BCUT2D eigenvalue weighted by molar-refractivity contribution is 5.59. The molecular formula is C13H22N2O2. The fraction of sp³-hybridized carbons (Fsp3) is 0.538. The molecule has 0 radical (unpaired) electrons. The van der Waals surface area contributed by atoms with Crippen LogP contribution in [0.2, 0.25) is 0 Å². The van der Waals surface area contributed by atoms with E-state index in [0.29, 0.717) is 12.3 Å². The molecule has 17 heavy (non-hydrogen) atoms. The summed E-state index contributed by atoms with van der Waals surface area (Å²) in [5.41, 5.74) is 7.41. The number of anilines is 2. The van der Waals surface area contributed by atoms with Crippen molar-refractivity contribution >= 4 is 11.4 Å². The summed E-state index contributed by atoms with van der Waals surface area (Å²) in [4.78, 5) is 0. The Balaban J connectivity index is 2.28. The molecule has 0 saturated carbocycles. The van der Waals surface area contributed by atoms with E-state index in [0.717, 1.165) is 31.0 Å². The molecule has 1 aromatic carbocycles. The Bertz CT molecular complexity index is 329. The van der Waals surface area contributed by atoms with Crippen molar-refractivity contribution in [1.82, 2.24) is 0 Å². The van der Waals surface area contributed by atoms with Crippen molar-refractivity contribution in [2.24, 2.45) is 0 Å². The monoisotopic (exact) mass is 238 g/mol. The minimum atomic E-state index is 0.693. The van der Waals surface area contributed by atoms with Gasteiger partial charge >= 0.3 is 0 Å². The van der Waals surface area contributed by atoms with Gasteiger partial charge in [0, 0.05) is 36.7 Å². The molecule has 0 unspecified atom stereocenters. The number of nitrogens with one attached hydrogen (secondary N) is 1. The Morgan fingerprint density at radius 3 is 2.76 bits per heavy atom. The Kier molecular flexibility index (Phi) is 6.25. The predicted octanol–water partition coefficient (Wildman–Crippen LogP) is 2.51. The van der Waals surface area contributed by atoms with Gasteiger partial charge in [-0.25, -0.2) is 0 Å². The molecule has 0 amide bonds. The van der Waals surface area contributed by atoms with Crippen LogP contribution >= 0.6 is 0 Å². The van der Waals surface area contributed by atoms with Gasteiger partial charge in [0.1, 0.15) is 5.75 Å². The van der Waals surface area contributed by atoms with Crippen LogP contribution in [-0.4, -0.2) is 26.9 Å². The summed E-state index contributed by atoms with van der Waals surface area (Å²) >= 11 is 0. The smallest absolute Gasteiger partial charge is 0.122 e. The van der Waals surface area contributed by atoms with Crippen molar-refractivity contribution in [2.75, 3.05) is 37.9 Å². The van der Waals surface area contributed by atoms with Crippen molar-refractivity contribution < 1.29 is 9.47 Å². The van der Waals surface area contributed by atoms with Crippen LogP contribution in [0.4, 0.5) is 11.4 Å². The lowest BCUT2D eigenvalue weighted by Gasteiger charge is -2.09. The molecule has 0 aromatic heterocycles. The second-order valence-corrected chi connectivity index (χ2v) is 3.89. The van der Waals surface area contributed by atoms with Crippen molar-refractivity contribution in [1.29, 1.82) is 0 Å². The van der Waals surface area contributed by atoms with Crippen LogP contribution in [0.3, 0.4) is 0 Å². The van der Waals surface area contributed by atoms with Gasteiger partial charge in [-0.05, 0) is 12.5 Å². The second kappa shape index (κ2) is 7.79. The molecule has 4 heteroatoms. The molecule has 4 nitrogen and oxygen atoms in total. The van der Waals surface area contributed by atoms with Crippen LogP contribution < -0.4 is 15.8 Å². The van der Waals surface area contributed by atoms with Gasteiger partial charge in [-0.2, -0.15) is 0 Å². The van der Waals surface area contributed by atoms with E-state index in [1.807, 2.05) is 12.1 Å². The number of unbranched alkanes of at least 4 members (excludes halogenated alkanes) is 1. The normalized spacial score (nSPS) is 10.2. The van der Waals surface area contributed by atoms with Crippen LogP contribution in [0.15, 0.2) is 18.2 Å². The third kappa shape index (κ3) is 5.45. The van der Waals surface area contributed by atoms with Crippen LogP contribution in [0.1, 0.15) is 19.8 Å². The molecule has 0 aliphatic rings. The van der Waals surface area contributed by atoms with Crippen molar-refractivity contribution in [3.8, 4) is 5.75 Å². The summed E-state index contributed by atoms with van der Waals surface area (Å²) < 4.78 is 10.6. The number of benzene rings is 1. The molecule has 0 aliphatic heterocycles. The van der Waals surface area contributed by atoms with E-state index in [4.69, 9.17) is 15.2 Å². The summed E-state index contributed by atoms with van der Waals surface area (Å²) in [6, 6.07) is 5.60. The Labute approximate surface area is 103 Å². The lowest BCUT2D eigenvalue weighted by Crippen LogP contribution is -2.10. The molecule has 96 valence electrons. The van der Waals surface area contributed by atoms with E-state index in [-0.39, 0.29) is 0 Å². The quantitative estimate of drug-likeness (QED) is 0.539. The zero-order chi connectivity index (χ0) is 12.5. The van der Waals surface area contributed by atoms with Crippen LogP contribution in [0.25, 0.3) is 0 Å². The van der Waals surface area contributed by atoms with E-state index in [1.165, 1.54) is 6.42 Å². The van der Waals surface area contributed by atoms with Gasteiger partial charge in [0.05, 0.1) is 13.7 Å². The number of hydrogen-bond acceptors (Lipinski definition) is 4. The summed E-state index contributed by atoms with van der Waals surface area (Å²) in [6.07, 6.45) is 2.28. The highest BCUT2D eigenvalue weighted by atomic mass is 16.5. The number of nitrogens with two attached hydrogens (primary N) is 1. The third-order valence-corrected chi connectivity index (χ3v) is 2.38. The standard InChI is InChI=1S/C13H22N2O2/c1-3-4-6-17-7-5-15-12-8-11(14)9-13(10-12)16-2/h8-10,15H,3-7,14H2,1-2H3. The van der Waals surface area contributed by atoms with E-state index >= 15 is 0 Å². The Morgan fingerprint density at radius 1 is 1.24 bits per heavy atom. The third-order valence-electron chi connectivity index (χ3n) is 2.38. The maximum absolute atomic E-state index is 5.75. The topological polar surface area (TPSA) is 56.5 Å². The first kappa shape index (κ1) is 13.6.